The van der Waals surface area contributed by atoms with Crippen molar-refractivity contribution in [3.05, 3.63) is 51.4 Å². The maximum atomic E-state index is 11.5. The first-order valence-electron chi connectivity index (χ1n) is 5.84. The average molecular weight is 290 g/mol. The van der Waals surface area contributed by atoms with Crippen molar-refractivity contribution in [3.8, 4) is 0 Å². The molecule has 0 saturated heterocycles. The van der Waals surface area contributed by atoms with Gasteiger partial charge in [-0.3, -0.25) is 4.79 Å². The summed E-state index contributed by atoms with van der Waals surface area (Å²) in [6.45, 7) is 3.66. The number of benzene rings is 1. The zero-order valence-corrected chi connectivity index (χ0v) is 11.9. The van der Waals surface area contributed by atoms with Gasteiger partial charge in [-0.05, 0) is 25.5 Å². The molecule has 0 atom stereocenters. The van der Waals surface area contributed by atoms with Gasteiger partial charge in [0.05, 0.1) is 0 Å². The third-order valence-electron chi connectivity index (χ3n) is 2.64. The van der Waals surface area contributed by atoms with E-state index in [9.17, 15) is 4.79 Å². The number of aryl methyl sites for hydroxylation is 2. The summed E-state index contributed by atoms with van der Waals surface area (Å²) < 4.78 is 0. The molecule has 20 heavy (non-hydrogen) atoms. The quantitative estimate of drug-likeness (QED) is 0.262. The molecule has 6 nitrogen and oxygen atoms in total. The van der Waals surface area contributed by atoms with E-state index in [1.54, 1.807) is 13.0 Å². The van der Waals surface area contributed by atoms with Gasteiger partial charge in [0.2, 0.25) is 0 Å². The molecule has 4 N–H and O–H groups in total. The summed E-state index contributed by atoms with van der Waals surface area (Å²) >= 11 is 1.27. The fourth-order valence-corrected chi connectivity index (χ4v) is 2.79. The Morgan fingerprint density at radius 2 is 2.20 bits per heavy atom. The topological polar surface area (TPSA) is 104 Å². The van der Waals surface area contributed by atoms with Crippen LogP contribution in [0, 0.1) is 13.8 Å². The van der Waals surface area contributed by atoms with Crippen LogP contribution in [0.1, 0.15) is 16.8 Å². The SMILES string of the molecule is Cc1cc(=O)[nH]c(Sc2c(C)cccc2/C(N)=N/O)n1. The zero-order valence-electron chi connectivity index (χ0n) is 11.0. The van der Waals surface area contributed by atoms with Crippen LogP contribution in [0.5, 0.6) is 0 Å². The highest BCUT2D eigenvalue weighted by Crippen LogP contribution is 2.30. The third kappa shape index (κ3) is 3.00. The molecule has 0 amide bonds. The number of amidine groups is 1. The summed E-state index contributed by atoms with van der Waals surface area (Å²) in [6.07, 6.45) is 0. The molecule has 1 heterocycles. The highest BCUT2D eigenvalue weighted by molar-refractivity contribution is 7.99. The molecular formula is C13H14N4O2S. The lowest BCUT2D eigenvalue weighted by atomic mass is 10.1. The minimum absolute atomic E-state index is 0.0196. The summed E-state index contributed by atoms with van der Waals surface area (Å²) in [5.41, 5.74) is 7.64. The fourth-order valence-electron chi connectivity index (χ4n) is 1.74. The Labute approximate surface area is 119 Å². The van der Waals surface area contributed by atoms with Gasteiger partial charge in [-0.1, -0.05) is 29.1 Å². The monoisotopic (exact) mass is 290 g/mol. The van der Waals surface area contributed by atoms with Gasteiger partial charge < -0.3 is 15.9 Å². The number of hydrogen-bond acceptors (Lipinski definition) is 5. The number of H-pyrrole nitrogens is 1. The van der Waals surface area contributed by atoms with Crippen LogP contribution in [0.4, 0.5) is 0 Å². The predicted octanol–water partition coefficient (Wildman–Crippen LogP) is 1.63. The van der Waals surface area contributed by atoms with Crippen molar-refractivity contribution in [3.63, 3.8) is 0 Å². The maximum absolute atomic E-state index is 11.5. The average Bonchev–Trinajstić information content (AvgIpc) is 2.39. The number of hydrogen-bond donors (Lipinski definition) is 3. The van der Waals surface area contributed by atoms with Gasteiger partial charge in [0.25, 0.3) is 5.56 Å². The lowest BCUT2D eigenvalue weighted by molar-refractivity contribution is 0.318. The van der Waals surface area contributed by atoms with E-state index in [4.69, 9.17) is 10.9 Å². The van der Waals surface area contributed by atoms with Gasteiger partial charge in [-0.15, -0.1) is 0 Å². The van der Waals surface area contributed by atoms with Crippen LogP contribution in [0.25, 0.3) is 0 Å². The van der Waals surface area contributed by atoms with Crippen molar-refractivity contribution >= 4 is 17.6 Å². The maximum Gasteiger partial charge on any atom is 0.251 e. The molecule has 1 aromatic heterocycles. The van der Waals surface area contributed by atoms with Crippen LogP contribution in [0.15, 0.2) is 44.3 Å². The van der Waals surface area contributed by atoms with E-state index in [1.165, 1.54) is 17.8 Å². The van der Waals surface area contributed by atoms with Crippen LogP contribution in [-0.4, -0.2) is 21.0 Å². The summed E-state index contributed by atoms with van der Waals surface area (Å²) in [4.78, 5) is 19.2. The van der Waals surface area contributed by atoms with Crippen LogP contribution < -0.4 is 11.3 Å². The van der Waals surface area contributed by atoms with E-state index in [0.717, 1.165) is 10.5 Å². The van der Waals surface area contributed by atoms with E-state index < -0.39 is 0 Å². The Morgan fingerprint density at radius 1 is 1.45 bits per heavy atom. The van der Waals surface area contributed by atoms with E-state index in [-0.39, 0.29) is 11.4 Å². The number of oxime groups is 1. The minimum Gasteiger partial charge on any atom is -0.409 e. The molecule has 0 bridgehead atoms. The van der Waals surface area contributed by atoms with Crippen LogP contribution in [0.3, 0.4) is 0 Å². The van der Waals surface area contributed by atoms with E-state index in [1.807, 2.05) is 19.1 Å². The third-order valence-corrected chi connectivity index (χ3v) is 3.78. The number of nitrogens with zero attached hydrogens (tertiary/aromatic N) is 2. The first-order chi connectivity index (χ1) is 9.51. The van der Waals surface area contributed by atoms with Crippen LogP contribution in [-0.2, 0) is 0 Å². The lowest BCUT2D eigenvalue weighted by Crippen LogP contribution is -2.15. The van der Waals surface area contributed by atoms with Crippen molar-refractivity contribution in [1.29, 1.82) is 0 Å². The number of nitrogens with two attached hydrogens (primary N) is 1. The second kappa shape index (κ2) is 5.79. The molecule has 104 valence electrons. The number of aromatic nitrogens is 2. The normalized spacial score (nSPS) is 11.6. The largest absolute Gasteiger partial charge is 0.409 e. The van der Waals surface area contributed by atoms with Gasteiger partial charge in [-0.2, -0.15) is 0 Å². The Hall–Kier alpha value is -2.28. The Kier molecular flexibility index (Phi) is 4.09. The van der Waals surface area contributed by atoms with Crippen molar-refractivity contribution in [2.24, 2.45) is 10.9 Å². The molecule has 0 aliphatic rings. The highest BCUT2D eigenvalue weighted by Gasteiger charge is 2.12. The summed E-state index contributed by atoms with van der Waals surface area (Å²) in [5, 5.41) is 12.3. The Balaban J connectivity index is 2.50. The standard InChI is InChI=1S/C13H14N4O2S/c1-7-4-3-5-9(12(14)17-19)11(7)20-13-15-8(2)6-10(18)16-13/h3-6,19H,1-2H3,(H2,14,17)(H,15,16,18). The zero-order chi connectivity index (χ0) is 14.7. The number of rotatable bonds is 3. The first kappa shape index (κ1) is 14.1. The van der Waals surface area contributed by atoms with E-state index in [0.29, 0.717) is 16.4 Å². The molecule has 0 spiro atoms. The molecule has 0 saturated carbocycles. The summed E-state index contributed by atoms with van der Waals surface area (Å²) in [6, 6.07) is 6.90. The molecule has 0 fully saturated rings. The van der Waals surface area contributed by atoms with Crippen LogP contribution in [0.2, 0.25) is 0 Å². The fraction of sp³-hybridized carbons (Fsp3) is 0.154. The van der Waals surface area contributed by atoms with E-state index >= 15 is 0 Å². The molecule has 1 aromatic carbocycles. The lowest BCUT2D eigenvalue weighted by Gasteiger charge is -2.10. The summed E-state index contributed by atoms with van der Waals surface area (Å²) in [5.74, 6) is 0.0196. The van der Waals surface area contributed by atoms with Crippen LogP contribution >= 0.6 is 11.8 Å². The van der Waals surface area contributed by atoms with Gasteiger partial charge >= 0.3 is 0 Å². The van der Waals surface area contributed by atoms with Crippen molar-refractivity contribution in [2.75, 3.05) is 0 Å². The number of nitrogens with one attached hydrogen (secondary N) is 1. The first-order valence-corrected chi connectivity index (χ1v) is 6.66. The van der Waals surface area contributed by atoms with Gasteiger partial charge in [0, 0.05) is 22.2 Å². The van der Waals surface area contributed by atoms with Gasteiger partial charge in [-0.25, -0.2) is 4.98 Å². The van der Waals surface area contributed by atoms with Gasteiger partial charge in [0.15, 0.2) is 11.0 Å². The number of aromatic amines is 1. The van der Waals surface area contributed by atoms with Gasteiger partial charge in [0.1, 0.15) is 0 Å². The molecule has 2 aromatic rings. The molecular weight excluding hydrogens is 276 g/mol. The molecule has 0 unspecified atom stereocenters. The molecule has 2 rings (SSSR count). The smallest absolute Gasteiger partial charge is 0.251 e. The van der Waals surface area contributed by atoms with Crippen molar-refractivity contribution in [1.82, 2.24) is 9.97 Å². The molecule has 0 aliphatic carbocycles. The van der Waals surface area contributed by atoms with Crippen molar-refractivity contribution < 1.29 is 5.21 Å². The Bertz CT molecular complexity index is 725. The Morgan fingerprint density at radius 3 is 2.85 bits per heavy atom. The molecule has 0 radical (unpaired) electrons. The minimum atomic E-state index is -0.209. The molecule has 0 aliphatic heterocycles. The molecule has 7 heteroatoms. The van der Waals surface area contributed by atoms with E-state index in [2.05, 4.69) is 15.1 Å². The predicted molar refractivity (Wildman–Crippen MR) is 77.4 cm³/mol. The van der Waals surface area contributed by atoms with Crippen molar-refractivity contribution in [2.45, 2.75) is 23.9 Å². The summed E-state index contributed by atoms with van der Waals surface area (Å²) in [7, 11) is 0. The second-order valence-corrected chi connectivity index (χ2v) is 5.23. The second-order valence-electron chi connectivity index (χ2n) is 4.23. The highest BCUT2D eigenvalue weighted by atomic mass is 32.2.